The highest BCUT2D eigenvalue weighted by molar-refractivity contribution is 4.87. The van der Waals surface area contributed by atoms with E-state index < -0.39 is 31.4 Å². The number of rotatable bonds is 4. The van der Waals surface area contributed by atoms with Crippen molar-refractivity contribution in [3.05, 3.63) is 6.43 Å². The molecule has 0 amide bonds. The van der Waals surface area contributed by atoms with E-state index in [1.807, 2.05) is 0 Å². The maximum absolute atomic E-state index is 12.0. The van der Waals surface area contributed by atoms with Gasteiger partial charge in [0.1, 0.15) is 0 Å². The van der Waals surface area contributed by atoms with E-state index in [1.165, 1.54) is 0 Å². The summed E-state index contributed by atoms with van der Waals surface area (Å²) in [6.45, 7) is 0. The summed E-state index contributed by atoms with van der Waals surface area (Å²) >= 11 is 0. The van der Waals surface area contributed by atoms with Crippen LogP contribution in [0.15, 0.2) is 0 Å². The van der Waals surface area contributed by atoms with E-state index in [-0.39, 0.29) is 0 Å². The maximum Gasteiger partial charge on any atom is 0.346 e. The van der Waals surface area contributed by atoms with Crippen molar-refractivity contribution >= 4 is 0 Å². The molecule has 0 nitrogen and oxygen atoms in total. The van der Waals surface area contributed by atoms with Crippen LogP contribution in [0.4, 0.5) is 30.7 Å². The van der Waals surface area contributed by atoms with Gasteiger partial charge < -0.3 is 0 Å². The minimum atomic E-state index is -3.81. The molecule has 0 bridgehead atoms. The zero-order valence-electron chi connectivity index (χ0n) is 5.46. The first-order valence-electron chi connectivity index (χ1n) is 2.76. The van der Waals surface area contributed by atoms with Crippen molar-refractivity contribution in [2.24, 2.45) is 0 Å². The summed E-state index contributed by atoms with van der Waals surface area (Å²) in [6.07, 6.45) is -17.5. The lowest BCUT2D eigenvalue weighted by atomic mass is 10.1. The second-order valence-electron chi connectivity index (χ2n) is 1.91. The van der Waals surface area contributed by atoms with Gasteiger partial charge in [-0.15, -0.1) is 0 Å². The highest BCUT2D eigenvalue weighted by Crippen LogP contribution is 2.25. The van der Waals surface area contributed by atoms with Crippen molar-refractivity contribution in [3.63, 3.8) is 0 Å². The SMILES string of the molecule is F[C](F)C(F)C(F)C(F)C(F)F. The second kappa shape index (κ2) is 4.51. The molecule has 12 heavy (non-hydrogen) atoms. The van der Waals surface area contributed by atoms with Gasteiger partial charge >= 0.3 is 6.43 Å². The zero-order valence-corrected chi connectivity index (χ0v) is 5.46. The number of alkyl halides is 5. The quantitative estimate of drug-likeness (QED) is 0.608. The Bertz CT molecular complexity index is 111. The van der Waals surface area contributed by atoms with Gasteiger partial charge in [0.15, 0.2) is 12.3 Å². The molecule has 3 unspecified atom stereocenters. The molecule has 0 N–H and O–H groups in total. The van der Waals surface area contributed by atoms with E-state index in [1.54, 1.807) is 0 Å². The lowest BCUT2D eigenvalue weighted by molar-refractivity contribution is -0.0361. The highest BCUT2D eigenvalue weighted by atomic mass is 19.3. The lowest BCUT2D eigenvalue weighted by Crippen LogP contribution is -2.34. The van der Waals surface area contributed by atoms with Crippen LogP contribution in [0, 0.1) is 6.43 Å². The van der Waals surface area contributed by atoms with Gasteiger partial charge in [-0.3, -0.25) is 0 Å². The highest BCUT2D eigenvalue weighted by Gasteiger charge is 2.41. The Hall–Kier alpha value is -0.490. The predicted molar refractivity (Wildman–Crippen MR) is 26.2 cm³/mol. The van der Waals surface area contributed by atoms with Crippen LogP contribution in [0.3, 0.4) is 0 Å². The van der Waals surface area contributed by atoms with E-state index in [4.69, 9.17) is 0 Å². The first-order valence-corrected chi connectivity index (χ1v) is 2.76. The molecule has 0 aliphatic carbocycles. The summed E-state index contributed by atoms with van der Waals surface area (Å²) in [5.41, 5.74) is 0. The summed E-state index contributed by atoms with van der Waals surface area (Å²) in [6, 6.07) is 0. The Balaban J connectivity index is 4.08. The standard InChI is InChI=1S/C5H4F7/c6-1(2(7)4(9)10)3(8)5(11)12/h1-4H. The first-order chi connectivity index (χ1) is 5.37. The molecule has 0 heterocycles. The summed E-state index contributed by atoms with van der Waals surface area (Å²) < 4.78 is 80.5. The Morgan fingerprint density at radius 2 is 1.17 bits per heavy atom. The summed E-state index contributed by atoms with van der Waals surface area (Å²) in [5, 5.41) is 0. The minimum Gasteiger partial charge on any atom is -0.241 e. The number of hydrogen-bond acceptors (Lipinski definition) is 0. The molecule has 0 aliphatic rings. The third kappa shape index (κ3) is 2.86. The molecule has 0 saturated heterocycles. The Kier molecular flexibility index (Phi) is 4.33. The smallest absolute Gasteiger partial charge is 0.241 e. The topological polar surface area (TPSA) is 0 Å². The molecule has 0 saturated carbocycles. The number of hydrogen-bond donors (Lipinski definition) is 0. The van der Waals surface area contributed by atoms with Crippen molar-refractivity contribution in [1.29, 1.82) is 0 Å². The molecule has 0 aromatic rings. The minimum absolute atomic E-state index is 3.05. The van der Waals surface area contributed by atoms with Crippen molar-refractivity contribution in [2.45, 2.75) is 24.9 Å². The van der Waals surface area contributed by atoms with Crippen molar-refractivity contribution < 1.29 is 30.7 Å². The van der Waals surface area contributed by atoms with E-state index in [0.717, 1.165) is 0 Å². The largest absolute Gasteiger partial charge is 0.346 e. The van der Waals surface area contributed by atoms with Crippen LogP contribution in [-0.2, 0) is 0 Å². The lowest BCUT2D eigenvalue weighted by Gasteiger charge is -2.14. The van der Waals surface area contributed by atoms with Crippen LogP contribution in [0.25, 0.3) is 0 Å². The third-order valence-corrected chi connectivity index (χ3v) is 1.03. The Morgan fingerprint density at radius 3 is 1.42 bits per heavy atom. The summed E-state index contributed by atoms with van der Waals surface area (Å²) in [7, 11) is 0. The molecule has 7 heteroatoms. The molecule has 3 atom stereocenters. The maximum atomic E-state index is 12.0. The average molecular weight is 197 g/mol. The van der Waals surface area contributed by atoms with Crippen LogP contribution >= 0.6 is 0 Å². The molecule has 0 rings (SSSR count). The van der Waals surface area contributed by atoms with Gasteiger partial charge in [-0.1, -0.05) is 0 Å². The molecule has 0 spiro atoms. The fourth-order valence-corrected chi connectivity index (χ4v) is 0.421. The molecule has 1 radical (unpaired) electrons. The summed E-state index contributed by atoms with van der Waals surface area (Å²) in [4.78, 5) is 0. The van der Waals surface area contributed by atoms with E-state index >= 15 is 0 Å². The van der Waals surface area contributed by atoms with E-state index in [2.05, 4.69) is 0 Å². The van der Waals surface area contributed by atoms with Crippen LogP contribution in [0.1, 0.15) is 0 Å². The third-order valence-electron chi connectivity index (χ3n) is 1.03. The second-order valence-corrected chi connectivity index (χ2v) is 1.91. The average Bonchev–Trinajstić information content (AvgIpc) is 2.00. The molecular weight excluding hydrogens is 193 g/mol. The number of halogens is 7. The van der Waals surface area contributed by atoms with Gasteiger partial charge in [-0.2, -0.15) is 8.78 Å². The normalized spacial score (nSPS) is 19.8. The molecular formula is C5H4F7. The monoisotopic (exact) mass is 197 g/mol. The molecule has 0 fully saturated rings. The Morgan fingerprint density at radius 1 is 0.750 bits per heavy atom. The van der Waals surface area contributed by atoms with Crippen LogP contribution in [0.2, 0.25) is 0 Å². The first kappa shape index (κ1) is 11.5. The van der Waals surface area contributed by atoms with Crippen LogP contribution < -0.4 is 0 Å². The van der Waals surface area contributed by atoms with Crippen LogP contribution in [-0.4, -0.2) is 24.9 Å². The van der Waals surface area contributed by atoms with Crippen LogP contribution in [0.5, 0.6) is 0 Å². The Labute approximate surface area is 63.4 Å². The predicted octanol–water partition coefficient (Wildman–Crippen LogP) is 2.69. The van der Waals surface area contributed by atoms with Gasteiger partial charge in [0.2, 0.25) is 6.17 Å². The van der Waals surface area contributed by atoms with Crippen molar-refractivity contribution in [3.8, 4) is 0 Å². The van der Waals surface area contributed by atoms with Gasteiger partial charge in [-0.25, -0.2) is 22.0 Å². The molecule has 0 aliphatic heterocycles. The molecule has 0 aromatic heterocycles. The van der Waals surface area contributed by atoms with Crippen molar-refractivity contribution in [2.75, 3.05) is 0 Å². The molecule has 73 valence electrons. The fraction of sp³-hybridized carbons (Fsp3) is 0.800. The van der Waals surface area contributed by atoms with Crippen molar-refractivity contribution in [1.82, 2.24) is 0 Å². The fourth-order valence-electron chi connectivity index (χ4n) is 0.421. The van der Waals surface area contributed by atoms with Gasteiger partial charge in [0.05, 0.1) is 0 Å². The van der Waals surface area contributed by atoms with E-state index in [0.29, 0.717) is 0 Å². The van der Waals surface area contributed by atoms with Gasteiger partial charge in [0.25, 0.3) is 6.43 Å². The van der Waals surface area contributed by atoms with Gasteiger partial charge in [-0.05, 0) is 0 Å². The molecule has 0 aromatic carbocycles. The summed E-state index contributed by atoms with van der Waals surface area (Å²) in [5.74, 6) is 0. The van der Waals surface area contributed by atoms with E-state index in [9.17, 15) is 30.7 Å². The van der Waals surface area contributed by atoms with Gasteiger partial charge in [0, 0.05) is 0 Å². The zero-order chi connectivity index (χ0) is 9.89.